The lowest BCUT2D eigenvalue weighted by Gasteiger charge is -2.24. The summed E-state index contributed by atoms with van der Waals surface area (Å²) in [7, 11) is 0. The van der Waals surface area contributed by atoms with Crippen LogP contribution in [0.25, 0.3) is 0 Å². The van der Waals surface area contributed by atoms with Crippen LogP contribution >= 0.6 is 12.4 Å². The van der Waals surface area contributed by atoms with Crippen molar-refractivity contribution < 1.29 is 14.3 Å². The zero-order valence-electron chi connectivity index (χ0n) is 14.3. The molecule has 0 saturated heterocycles. The molecule has 2 aromatic rings. The van der Waals surface area contributed by atoms with Gasteiger partial charge >= 0.3 is 0 Å². The number of benzene rings is 2. The first kappa shape index (κ1) is 18.1. The van der Waals surface area contributed by atoms with Gasteiger partial charge in [0, 0.05) is 23.5 Å². The molecule has 6 nitrogen and oxygen atoms in total. The molecule has 0 aromatic heterocycles. The van der Waals surface area contributed by atoms with Crippen LogP contribution in [0.5, 0.6) is 5.75 Å². The van der Waals surface area contributed by atoms with Gasteiger partial charge in [0.2, 0.25) is 0 Å². The average Bonchev–Trinajstić information content (AvgIpc) is 2.62. The van der Waals surface area contributed by atoms with Crippen LogP contribution in [-0.4, -0.2) is 24.5 Å². The Balaban J connectivity index is 0.00000196. The molecule has 1 unspecified atom stereocenters. The third kappa shape index (κ3) is 3.32. The summed E-state index contributed by atoms with van der Waals surface area (Å²) in [6, 6.07) is 11.0. The van der Waals surface area contributed by atoms with E-state index in [9.17, 15) is 9.59 Å². The van der Waals surface area contributed by atoms with Crippen LogP contribution in [0.3, 0.4) is 0 Å². The molecule has 0 fully saturated rings. The molecule has 136 valence electrons. The zero-order valence-corrected chi connectivity index (χ0v) is 15.1. The smallest absolute Gasteiger partial charge is 0.265 e. The van der Waals surface area contributed by atoms with Crippen molar-refractivity contribution in [2.24, 2.45) is 0 Å². The Labute approximate surface area is 157 Å². The van der Waals surface area contributed by atoms with Crippen molar-refractivity contribution in [2.45, 2.75) is 25.9 Å². The molecule has 4 rings (SSSR count). The fraction of sp³-hybridized carbons (Fsp3) is 0.263. The molecule has 0 spiro atoms. The molecule has 2 amide bonds. The normalized spacial score (nSPS) is 17.4. The van der Waals surface area contributed by atoms with Crippen molar-refractivity contribution in [3.63, 3.8) is 0 Å². The van der Waals surface area contributed by atoms with Crippen LogP contribution in [0.4, 0.5) is 17.1 Å². The van der Waals surface area contributed by atoms with E-state index in [1.54, 1.807) is 25.1 Å². The van der Waals surface area contributed by atoms with Crippen LogP contribution in [0.1, 0.15) is 29.3 Å². The summed E-state index contributed by atoms with van der Waals surface area (Å²) in [4.78, 5) is 24.5. The standard InChI is InChI=1S/C19H19N3O3.ClH/c1-11-18(23)22-16-10-12(7-8-17(16)25-11)21-19(24)14-4-2-6-15-13(14)5-3-9-20-15;/h2,4,6-8,10-11,20H,3,5,9H2,1H3,(H,21,24)(H,22,23);1H. The van der Waals surface area contributed by atoms with Gasteiger partial charge in [-0.1, -0.05) is 6.07 Å². The summed E-state index contributed by atoms with van der Waals surface area (Å²) in [6.07, 6.45) is 1.38. The molecule has 3 N–H and O–H groups in total. The quantitative estimate of drug-likeness (QED) is 0.753. The third-order valence-electron chi connectivity index (χ3n) is 4.51. The van der Waals surface area contributed by atoms with Gasteiger partial charge in [0.05, 0.1) is 5.69 Å². The van der Waals surface area contributed by atoms with E-state index < -0.39 is 6.10 Å². The summed E-state index contributed by atoms with van der Waals surface area (Å²) in [6.45, 7) is 2.63. The molecule has 0 radical (unpaired) electrons. The van der Waals surface area contributed by atoms with Gasteiger partial charge in [-0.15, -0.1) is 12.4 Å². The molecular weight excluding hydrogens is 354 g/mol. The van der Waals surface area contributed by atoms with Gasteiger partial charge in [-0.3, -0.25) is 9.59 Å². The lowest BCUT2D eigenvalue weighted by molar-refractivity contribution is -0.122. The van der Waals surface area contributed by atoms with Gasteiger partial charge in [0.15, 0.2) is 6.10 Å². The summed E-state index contributed by atoms with van der Waals surface area (Å²) in [5, 5.41) is 9.03. The molecule has 1 atom stereocenters. The molecule has 0 bridgehead atoms. The van der Waals surface area contributed by atoms with E-state index in [1.807, 2.05) is 18.2 Å². The summed E-state index contributed by atoms with van der Waals surface area (Å²) in [5.41, 5.74) is 3.94. The maximum atomic E-state index is 12.7. The Kier molecular flexibility index (Phi) is 5.04. The van der Waals surface area contributed by atoms with Crippen molar-refractivity contribution in [3.05, 3.63) is 47.5 Å². The minimum atomic E-state index is -0.517. The second-order valence-electron chi connectivity index (χ2n) is 6.28. The van der Waals surface area contributed by atoms with Crippen LogP contribution in [-0.2, 0) is 11.2 Å². The first-order valence-electron chi connectivity index (χ1n) is 8.40. The fourth-order valence-corrected chi connectivity index (χ4v) is 3.21. The largest absolute Gasteiger partial charge is 0.479 e. The molecule has 0 saturated carbocycles. The lowest BCUT2D eigenvalue weighted by Crippen LogP contribution is -2.34. The predicted molar refractivity (Wildman–Crippen MR) is 104 cm³/mol. The van der Waals surface area contributed by atoms with Crippen molar-refractivity contribution in [2.75, 3.05) is 22.5 Å². The number of amides is 2. The molecule has 2 aliphatic heterocycles. The molecule has 2 aromatic carbocycles. The first-order valence-corrected chi connectivity index (χ1v) is 8.40. The number of nitrogens with one attached hydrogen (secondary N) is 3. The van der Waals surface area contributed by atoms with Crippen molar-refractivity contribution in [3.8, 4) is 5.75 Å². The van der Waals surface area contributed by atoms with Crippen molar-refractivity contribution >= 4 is 41.3 Å². The molecule has 7 heteroatoms. The second-order valence-corrected chi connectivity index (χ2v) is 6.28. The number of anilines is 3. The summed E-state index contributed by atoms with van der Waals surface area (Å²) in [5.74, 6) is 0.252. The van der Waals surface area contributed by atoms with Crippen LogP contribution in [0.15, 0.2) is 36.4 Å². The van der Waals surface area contributed by atoms with E-state index in [0.717, 1.165) is 30.6 Å². The molecular formula is C19H20ClN3O3. The highest BCUT2D eigenvalue weighted by atomic mass is 35.5. The van der Waals surface area contributed by atoms with Gasteiger partial charge in [0.1, 0.15) is 5.75 Å². The Morgan fingerprint density at radius 3 is 2.92 bits per heavy atom. The average molecular weight is 374 g/mol. The van der Waals surface area contributed by atoms with E-state index >= 15 is 0 Å². The number of carbonyl (C=O) groups is 2. The van der Waals surface area contributed by atoms with Gasteiger partial charge in [-0.2, -0.15) is 0 Å². The Morgan fingerprint density at radius 2 is 2.08 bits per heavy atom. The van der Waals surface area contributed by atoms with Gasteiger partial charge in [-0.05, 0) is 55.7 Å². The number of halogens is 1. The minimum absolute atomic E-state index is 0. The van der Waals surface area contributed by atoms with E-state index in [4.69, 9.17) is 4.74 Å². The maximum absolute atomic E-state index is 12.7. The van der Waals surface area contributed by atoms with Gasteiger partial charge in [-0.25, -0.2) is 0 Å². The third-order valence-corrected chi connectivity index (χ3v) is 4.51. The highest BCUT2D eigenvalue weighted by molar-refractivity contribution is 6.07. The van der Waals surface area contributed by atoms with Crippen LogP contribution in [0, 0.1) is 0 Å². The van der Waals surface area contributed by atoms with Crippen LogP contribution < -0.4 is 20.7 Å². The van der Waals surface area contributed by atoms with E-state index in [-0.39, 0.29) is 24.2 Å². The molecule has 0 aliphatic carbocycles. The monoisotopic (exact) mass is 373 g/mol. The summed E-state index contributed by atoms with van der Waals surface area (Å²) >= 11 is 0. The number of hydrogen-bond donors (Lipinski definition) is 3. The topological polar surface area (TPSA) is 79.5 Å². The fourth-order valence-electron chi connectivity index (χ4n) is 3.21. The molecule has 2 heterocycles. The number of carbonyl (C=O) groups excluding carboxylic acids is 2. The van der Waals surface area contributed by atoms with E-state index in [2.05, 4.69) is 16.0 Å². The van der Waals surface area contributed by atoms with Crippen LogP contribution in [0.2, 0.25) is 0 Å². The SMILES string of the molecule is CC1Oc2ccc(NC(=O)c3cccc4c3CCCN4)cc2NC1=O.Cl. The predicted octanol–water partition coefficient (Wildman–Crippen LogP) is 3.44. The second kappa shape index (κ2) is 7.25. The Hall–Kier alpha value is -2.73. The summed E-state index contributed by atoms with van der Waals surface area (Å²) < 4.78 is 5.53. The number of ether oxygens (including phenoxy) is 1. The zero-order chi connectivity index (χ0) is 17.4. The molecule has 2 aliphatic rings. The van der Waals surface area contributed by atoms with Crippen molar-refractivity contribution in [1.82, 2.24) is 0 Å². The number of fused-ring (bicyclic) bond motifs is 2. The van der Waals surface area contributed by atoms with Gasteiger partial charge in [0.25, 0.3) is 11.8 Å². The first-order chi connectivity index (χ1) is 12.1. The molecule has 26 heavy (non-hydrogen) atoms. The minimum Gasteiger partial charge on any atom is -0.479 e. The lowest BCUT2D eigenvalue weighted by atomic mass is 9.97. The highest BCUT2D eigenvalue weighted by Gasteiger charge is 2.24. The Morgan fingerprint density at radius 1 is 1.23 bits per heavy atom. The van der Waals surface area contributed by atoms with E-state index in [0.29, 0.717) is 22.7 Å². The van der Waals surface area contributed by atoms with Crippen molar-refractivity contribution in [1.29, 1.82) is 0 Å². The number of rotatable bonds is 2. The van der Waals surface area contributed by atoms with E-state index in [1.165, 1.54) is 0 Å². The Bertz CT molecular complexity index is 869. The van der Waals surface area contributed by atoms with Gasteiger partial charge < -0.3 is 20.7 Å². The maximum Gasteiger partial charge on any atom is 0.265 e. The highest BCUT2D eigenvalue weighted by Crippen LogP contribution is 2.32. The number of hydrogen-bond acceptors (Lipinski definition) is 4.